The lowest BCUT2D eigenvalue weighted by atomic mass is 9.83. The number of aliphatic hydroxyl groups is 1. The molecular weight excluding hydrogens is 316 g/mol. The average Bonchev–Trinajstić information content (AvgIpc) is 3.17. The zero-order valence-corrected chi connectivity index (χ0v) is 14.9. The number of thiazole rings is 1. The van der Waals surface area contributed by atoms with Gasteiger partial charge in [-0.05, 0) is 11.8 Å². The summed E-state index contributed by atoms with van der Waals surface area (Å²) in [5.41, 5.74) is 0. The van der Waals surface area contributed by atoms with Gasteiger partial charge >= 0.3 is 0 Å². The Morgan fingerprint density at radius 3 is 2.52 bits per heavy atom. The van der Waals surface area contributed by atoms with Gasteiger partial charge in [0.2, 0.25) is 6.29 Å². The van der Waals surface area contributed by atoms with Crippen LogP contribution in [-0.4, -0.2) is 41.9 Å². The number of nitrogens with one attached hydrogen (secondary N) is 1. The third-order valence-corrected chi connectivity index (χ3v) is 5.13. The molecule has 1 fully saturated rings. The predicted molar refractivity (Wildman–Crippen MR) is 88.3 cm³/mol. The molecule has 2 unspecified atom stereocenters. The Morgan fingerprint density at radius 2 is 2.00 bits per heavy atom. The average molecular weight is 342 g/mol. The van der Waals surface area contributed by atoms with Crippen LogP contribution >= 0.6 is 11.3 Å². The molecule has 1 aromatic heterocycles. The van der Waals surface area contributed by atoms with Gasteiger partial charge in [-0.25, -0.2) is 4.98 Å². The van der Waals surface area contributed by atoms with E-state index < -0.39 is 6.29 Å². The van der Waals surface area contributed by atoms with E-state index in [1.165, 1.54) is 11.3 Å². The van der Waals surface area contributed by atoms with Crippen LogP contribution in [0.25, 0.3) is 0 Å². The molecule has 0 aliphatic carbocycles. The van der Waals surface area contributed by atoms with E-state index in [-0.39, 0.29) is 36.3 Å². The number of hydrogen-bond donors (Lipinski definition) is 2. The quantitative estimate of drug-likeness (QED) is 0.794. The van der Waals surface area contributed by atoms with Crippen molar-refractivity contribution >= 4 is 17.2 Å². The fourth-order valence-electron chi connectivity index (χ4n) is 2.73. The molecule has 0 spiro atoms. The van der Waals surface area contributed by atoms with Gasteiger partial charge in [-0.2, -0.15) is 0 Å². The maximum absolute atomic E-state index is 12.5. The smallest absolute Gasteiger partial charge is 0.263 e. The molecule has 0 radical (unpaired) electrons. The van der Waals surface area contributed by atoms with Crippen molar-refractivity contribution in [3.8, 4) is 0 Å². The first-order valence-electron chi connectivity index (χ1n) is 8.04. The highest BCUT2D eigenvalue weighted by Crippen LogP contribution is 2.28. The molecule has 0 saturated carbocycles. The van der Waals surface area contributed by atoms with E-state index in [0.29, 0.717) is 23.1 Å². The molecule has 0 aromatic carbocycles. The van der Waals surface area contributed by atoms with Gasteiger partial charge in [0.25, 0.3) is 5.91 Å². The molecule has 1 saturated heterocycles. The van der Waals surface area contributed by atoms with Gasteiger partial charge in [-0.3, -0.25) is 4.79 Å². The Hall–Kier alpha value is -1.02. The van der Waals surface area contributed by atoms with Crippen LogP contribution in [0.4, 0.5) is 0 Å². The first-order chi connectivity index (χ1) is 10.9. The van der Waals surface area contributed by atoms with Crippen LogP contribution in [0, 0.1) is 17.8 Å². The molecule has 130 valence electrons. The Balaban J connectivity index is 2.06. The van der Waals surface area contributed by atoms with Gasteiger partial charge in [0.05, 0.1) is 19.4 Å². The summed E-state index contributed by atoms with van der Waals surface area (Å²) < 4.78 is 10.8. The summed E-state index contributed by atoms with van der Waals surface area (Å²) in [4.78, 5) is 17.3. The Labute approximate surface area is 141 Å². The van der Waals surface area contributed by atoms with Crippen molar-refractivity contribution in [3.63, 3.8) is 0 Å². The molecule has 7 heteroatoms. The zero-order valence-electron chi connectivity index (χ0n) is 14.1. The fraction of sp³-hybridized carbons (Fsp3) is 0.750. The van der Waals surface area contributed by atoms with Gasteiger partial charge in [0.15, 0.2) is 0 Å². The lowest BCUT2D eigenvalue weighted by Crippen LogP contribution is -2.46. The van der Waals surface area contributed by atoms with Gasteiger partial charge < -0.3 is 19.9 Å². The molecule has 6 nitrogen and oxygen atoms in total. The third-order valence-electron chi connectivity index (χ3n) is 4.12. The first-order valence-corrected chi connectivity index (χ1v) is 8.86. The van der Waals surface area contributed by atoms with Crippen molar-refractivity contribution in [2.45, 2.75) is 40.0 Å². The van der Waals surface area contributed by atoms with E-state index in [0.717, 1.165) is 0 Å². The second-order valence-electron chi connectivity index (χ2n) is 6.47. The number of hydrogen-bond acceptors (Lipinski definition) is 6. The van der Waals surface area contributed by atoms with Crippen molar-refractivity contribution in [1.29, 1.82) is 0 Å². The first kappa shape index (κ1) is 18.3. The number of nitrogens with zero attached hydrogens (tertiary/aromatic N) is 1. The Bertz CT molecular complexity index is 512. The molecule has 2 atom stereocenters. The molecule has 2 heterocycles. The maximum atomic E-state index is 12.5. The molecule has 2 N–H and O–H groups in total. The van der Waals surface area contributed by atoms with Crippen LogP contribution < -0.4 is 5.32 Å². The molecule has 23 heavy (non-hydrogen) atoms. The largest absolute Gasteiger partial charge is 0.396 e. The predicted octanol–water partition coefficient (Wildman–Crippen LogP) is 2.21. The van der Waals surface area contributed by atoms with Crippen LogP contribution in [0.5, 0.6) is 0 Å². The minimum absolute atomic E-state index is 0.0211. The maximum Gasteiger partial charge on any atom is 0.263 e. The van der Waals surface area contributed by atoms with E-state index in [1.807, 2.05) is 13.8 Å². The minimum Gasteiger partial charge on any atom is -0.396 e. The highest BCUT2D eigenvalue weighted by atomic mass is 32.1. The minimum atomic E-state index is -0.455. The van der Waals surface area contributed by atoms with Crippen molar-refractivity contribution in [1.82, 2.24) is 10.3 Å². The van der Waals surface area contributed by atoms with E-state index in [2.05, 4.69) is 24.1 Å². The summed E-state index contributed by atoms with van der Waals surface area (Å²) >= 11 is 1.28. The number of carbonyl (C=O) groups is 1. The molecule has 1 aliphatic heterocycles. The van der Waals surface area contributed by atoms with Crippen LogP contribution in [0.1, 0.15) is 48.7 Å². The lowest BCUT2D eigenvalue weighted by Gasteiger charge is -2.32. The summed E-state index contributed by atoms with van der Waals surface area (Å²) in [6.07, 6.45) is 1.10. The standard InChI is InChI=1S/C16H26N2O4S/c1-9(2)11(8-19)13(10(3)4)18-14(20)12-7-17-15(23-12)16-21-5-6-22-16/h7,9-11,13,16,19H,5-6,8H2,1-4H3,(H,18,20). The topological polar surface area (TPSA) is 80.7 Å². The van der Waals surface area contributed by atoms with E-state index in [1.54, 1.807) is 6.20 Å². The second-order valence-corrected chi connectivity index (χ2v) is 7.53. The molecular formula is C16H26N2O4S. The number of ether oxygens (including phenoxy) is 2. The molecule has 1 aliphatic rings. The summed E-state index contributed by atoms with van der Waals surface area (Å²) in [7, 11) is 0. The SMILES string of the molecule is CC(C)C(CO)C(NC(=O)c1cnc(C2OCCO2)s1)C(C)C. The van der Waals surface area contributed by atoms with Gasteiger partial charge in [0, 0.05) is 18.6 Å². The summed E-state index contributed by atoms with van der Waals surface area (Å²) in [6, 6.07) is -0.0861. The number of amides is 1. The second kappa shape index (κ2) is 8.19. The van der Waals surface area contributed by atoms with Gasteiger partial charge in [0.1, 0.15) is 9.88 Å². The van der Waals surface area contributed by atoms with Crippen molar-refractivity contribution in [2.75, 3.05) is 19.8 Å². The van der Waals surface area contributed by atoms with Crippen molar-refractivity contribution in [2.24, 2.45) is 17.8 Å². The van der Waals surface area contributed by atoms with Gasteiger partial charge in [-0.15, -0.1) is 11.3 Å². The molecule has 0 bridgehead atoms. The monoisotopic (exact) mass is 342 g/mol. The van der Waals surface area contributed by atoms with Crippen LogP contribution in [0.15, 0.2) is 6.20 Å². The van der Waals surface area contributed by atoms with Crippen LogP contribution in [0.3, 0.4) is 0 Å². The lowest BCUT2D eigenvalue weighted by molar-refractivity contribution is -0.0442. The summed E-state index contributed by atoms with van der Waals surface area (Å²) in [5, 5.41) is 13.4. The van der Waals surface area contributed by atoms with Crippen molar-refractivity contribution in [3.05, 3.63) is 16.1 Å². The number of rotatable bonds is 7. The van der Waals surface area contributed by atoms with E-state index >= 15 is 0 Å². The number of aromatic nitrogens is 1. The Morgan fingerprint density at radius 1 is 1.35 bits per heavy atom. The number of carbonyl (C=O) groups excluding carboxylic acids is 1. The fourth-order valence-corrected chi connectivity index (χ4v) is 3.55. The van der Waals surface area contributed by atoms with E-state index in [4.69, 9.17) is 9.47 Å². The highest BCUT2D eigenvalue weighted by molar-refractivity contribution is 7.13. The Kier molecular flexibility index (Phi) is 6.52. The molecule has 2 rings (SSSR count). The highest BCUT2D eigenvalue weighted by Gasteiger charge is 2.29. The third kappa shape index (κ3) is 4.50. The normalized spacial score (nSPS) is 18.6. The summed E-state index contributed by atoms with van der Waals surface area (Å²) in [5.74, 6) is 0.370. The molecule has 1 aromatic rings. The van der Waals surface area contributed by atoms with Gasteiger partial charge in [-0.1, -0.05) is 27.7 Å². The zero-order chi connectivity index (χ0) is 17.0. The van der Waals surface area contributed by atoms with Crippen LogP contribution in [0.2, 0.25) is 0 Å². The van der Waals surface area contributed by atoms with E-state index in [9.17, 15) is 9.90 Å². The van der Waals surface area contributed by atoms with Crippen molar-refractivity contribution < 1.29 is 19.4 Å². The molecule has 1 amide bonds. The number of aliphatic hydroxyl groups excluding tert-OH is 1. The van der Waals surface area contributed by atoms with Crippen LogP contribution in [-0.2, 0) is 9.47 Å². The summed E-state index contributed by atoms with van der Waals surface area (Å²) in [6.45, 7) is 9.37.